The van der Waals surface area contributed by atoms with Crippen molar-refractivity contribution in [2.45, 2.75) is 25.7 Å². The van der Waals surface area contributed by atoms with Crippen molar-refractivity contribution in [3.8, 4) is 17.6 Å². The summed E-state index contributed by atoms with van der Waals surface area (Å²) in [6.07, 6.45) is 2.15. The average molecular weight is 456 g/mol. The Morgan fingerprint density at radius 1 is 1.12 bits per heavy atom. The molecular weight excluding hydrogens is 430 g/mol. The summed E-state index contributed by atoms with van der Waals surface area (Å²) in [6, 6.07) is 18.6. The molecule has 0 saturated carbocycles. The van der Waals surface area contributed by atoms with E-state index in [1.165, 1.54) is 0 Å². The number of nitrogens with zero attached hydrogens (tertiary/aromatic N) is 3. The highest BCUT2D eigenvalue weighted by Gasteiger charge is 2.40. The molecule has 1 saturated heterocycles. The smallest absolute Gasteiger partial charge is 0.258 e. The van der Waals surface area contributed by atoms with Crippen LogP contribution >= 0.6 is 0 Å². The zero-order valence-corrected chi connectivity index (χ0v) is 18.8. The van der Waals surface area contributed by atoms with Gasteiger partial charge in [-0.1, -0.05) is 37.3 Å². The number of carbonyl (C=O) groups excluding carboxylic acids is 1. The number of hydrogen-bond donors (Lipinski definition) is 2. The van der Waals surface area contributed by atoms with E-state index in [1.54, 1.807) is 24.3 Å². The maximum Gasteiger partial charge on any atom is 0.258 e. The second kappa shape index (κ2) is 9.02. The minimum Gasteiger partial charge on any atom is -0.457 e. The zero-order chi connectivity index (χ0) is 23.7. The van der Waals surface area contributed by atoms with E-state index in [4.69, 9.17) is 4.74 Å². The van der Waals surface area contributed by atoms with Gasteiger partial charge in [-0.25, -0.2) is 0 Å². The largest absolute Gasteiger partial charge is 0.457 e. The van der Waals surface area contributed by atoms with Crippen LogP contribution in [0, 0.1) is 23.2 Å². The van der Waals surface area contributed by atoms with Gasteiger partial charge in [0.2, 0.25) is 11.9 Å². The van der Waals surface area contributed by atoms with Gasteiger partial charge in [0, 0.05) is 19.0 Å². The Morgan fingerprint density at radius 2 is 1.91 bits per heavy atom. The summed E-state index contributed by atoms with van der Waals surface area (Å²) in [6.45, 7) is 3.75. The number of nitrogens with one attached hydrogen (secondary N) is 2. The Labute approximate surface area is 197 Å². The third-order valence-corrected chi connectivity index (χ3v) is 6.40. The average Bonchev–Trinajstić information content (AvgIpc) is 2.84. The Kier molecular flexibility index (Phi) is 5.76. The van der Waals surface area contributed by atoms with Crippen LogP contribution in [0.15, 0.2) is 59.4 Å². The number of rotatable bonds is 4. The highest BCUT2D eigenvalue weighted by Crippen LogP contribution is 2.39. The Balaban J connectivity index is 1.55. The molecule has 0 spiro atoms. The molecule has 0 bridgehead atoms. The van der Waals surface area contributed by atoms with Gasteiger partial charge in [0.15, 0.2) is 0 Å². The normalized spacial score (nSPS) is 21.8. The summed E-state index contributed by atoms with van der Waals surface area (Å²) < 4.78 is 5.94. The zero-order valence-electron chi connectivity index (χ0n) is 18.8. The lowest BCUT2D eigenvalue weighted by Gasteiger charge is -2.33. The summed E-state index contributed by atoms with van der Waals surface area (Å²) in [7, 11) is 0. The van der Waals surface area contributed by atoms with Gasteiger partial charge in [-0.05, 0) is 48.6 Å². The maximum atomic E-state index is 13.3. The van der Waals surface area contributed by atoms with E-state index in [0.29, 0.717) is 28.9 Å². The number of nitriles is 1. The molecule has 1 fully saturated rings. The molecule has 2 aliphatic rings. The number of hydrogen-bond acceptors (Lipinski definition) is 6. The fourth-order valence-electron chi connectivity index (χ4n) is 4.79. The van der Waals surface area contributed by atoms with Crippen molar-refractivity contribution in [1.29, 1.82) is 5.26 Å². The third-order valence-electron chi connectivity index (χ3n) is 6.40. The number of aromatic nitrogens is 2. The van der Waals surface area contributed by atoms with Gasteiger partial charge in [-0.3, -0.25) is 14.6 Å². The van der Waals surface area contributed by atoms with Crippen molar-refractivity contribution in [1.82, 2.24) is 9.97 Å². The van der Waals surface area contributed by atoms with Gasteiger partial charge >= 0.3 is 0 Å². The van der Waals surface area contributed by atoms with Crippen LogP contribution < -0.4 is 20.5 Å². The van der Waals surface area contributed by atoms with E-state index in [0.717, 1.165) is 25.9 Å². The Morgan fingerprint density at radius 3 is 2.68 bits per heavy atom. The van der Waals surface area contributed by atoms with Crippen LogP contribution in [-0.4, -0.2) is 29.0 Å². The molecule has 3 heterocycles. The maximum absolute atomic E-state index is 13.3. The lowest BCUT2D eigenvalue weighted by Crippen LogP contribution is -2.41. The minimum atomic E-state index is -1.07. The molecule has 8 nitrogen and oxygen atoms in total. The molecule has 3 unspecified atom stereocenters. The topological polar surface area (TPSA) is 111 Å². The van der Waals surface area contributed by atoms with Crippen molar-refractivity contribution < 1.29 is 9.53 Å². The molecule has 3 atom stereocenters. The summed E-state index contributed by atoms with van der Waals surface area (Å²) in [5, 5.41) is 12.5. The van der Waals surface area contributed by atoms with Crippen molar-refractivity contribution >= 4 is 17.7 Å². The number of benzene rings is 2. The molecule has 5 rings (SSSR count). The van der Waals surface area contributed by atoms with Crippen LogP contribution in [0.5, 0.6) is 11.5 Å². The van der Waals surface area contributed by atoms with Gasteiger partial charge in [0.05, 0.1) is 11.6 Å². The molecule has 0 radical (unpaired) electrons. The predicted molar refractivity (Wildman–Crippen MR) is 128 cm³/mol. The first kappa shape index (κ1) is 21.7. The number of aromatic amines is 1. The second-order valence-electron chi connectivity index (χ2n) is 8.91. The summed E-state index contributed by atoms with van der Waals surface area (Å²) in [5.74, 6) is 0.0771. The first-order valence-corrected chi connectivity index (χ1v) is 11.5. The lowest BCUT2D eigenvalue weighted by molar-refractivity contribution is -0.119. The van der Waals surface area contributed by atoms with Gasteiger partial charge in [-0.2, -0.15) is 10.2 Å². The highest BCUT2D eigenvalue weighted by molar-refractivity contribution is 5.98. The summed E-state index contributed by atoms with van der Waals surface area (Å²) in [4.78, 5) is 35.8. The number of H-pyrrole nitrogens is 1. The van der Waals surface area contributed by atoms with E-state index < -0.39 is 17.7 Å². The highest BCUT2D eigenvalue weighted by atomic mass is 16.5. The molecule has 172 valence electrons. The van der Waals surface area contributed by atoms with E-state index in [9.17, 15) is 14.9 Å². The fraction of sp³-hybridized carbons (Fsp3) is 0.308. The van der Waals surface area contributed by atoms with Gasteiger partial charge < -0.3 is 15.0 Å². The van der Waals surface area contributed by atoms with Crippen molar-refractivity contribution in [2.75, 3.05) is 23.3 Å². The Hall–Kier alpha value is -4.12. The van der Waals surface area contributed by atoms with Gasteiger partial charge in [0.1, 0.15) is 23.2 Å². The molecule has 2 aliphatic heterocycles. The van der Waals surface area contributed by atoms with Crippen LogP contribution in [0.4, 0.5) is 11.8 Å². The van der Waals surface area contributed by atoms with E-state index in [-0.39, 0.29) is 16.9 Å². The quantitative estimate of drug-likeness (QED) is 0.615. The van der Waals surface area contributed by atoms with E-state index >= 15 is 0 Å². The van der Waals surface area contributed by atoms with Crippen LogP contribution in [0.25, 0.3) is 0 Å². The monoisotopic (exact) mass is 455 g/mol. The number of amides is 1. The van der Waals surface area contributed by atoms with Crippen LogP contribution in [-0.2, 0) is 4.79 Å². The lowest BCUT2D eigenvalue weighted by atomic mass is 9.79. The Bertz CT molecular complexity index is 1310. The molecule has 3 aromatic rings. The molecule has 1 amide bonds. The van der Waals surface area contributed by atoms with Crippen molar-refractivity contribution in [2.24, 2.45) is 11.8 Å². The summed E-state index contributed by atoms with van der Waals surface area (Å²) >= 11 is 0. The molecule has 0 aliphatic carbocycles. The van der Waals surface area contributed by atoms with Crippen molar-refractivity contribution in [3.63, 3.8) is 0 Å². The molecule has 34 heavy (non-hydrogen) atoms. The number of fused-ring (bicyclic) bond motifs is 1. The van der Waals surface area contributed by atoms with Crippen LogP contribution in [0.2, 0.25) is 0 Å². The van der Waals surface area contributed by atoms with Crippen LogP contribution in [0.3, 0.4) is 0 Å². The number of ether oxygens (including phenoxy) is 1. The van der Waals surface area contributed by atoms with Gasteiger partial charge in [0.25, 0.3) is 5.56 Å². The number of carbonyl (C=O) groups is 1. The number of anilines is 2. The number of piperidine rings is 1. The summed E-state index contributed by atoms with van der Waals surface area (Å²) in [5.41, 5.74) is 0.581. The van der Waals surface area contributed by atoms with Gasteiger partial charge in [-0.15, -0.1) is 0 Å². The molecule has 2 N–H and O–H groups in total. The second-order valence-corrected chi connectivity index (χ2v) is 8.91. The SMILES string of the molecule is CC1CCCN(c2nc3c(c(=O)[nH]2)C(c2cccc(Oc4ccccc4)c2)C(C#N)C(=O)N3)C1. The third kappa shape index (κ3) is 4.13. The molecular formula is C26H25N5O3. The standard InChI is InChI=1S/C26H25N5O3/c1-16-7-6-12-31(15-16)26-29-23-22(25(33)30-26)21(20(14-27)24(32)28-23)17-8-5-11-19(13-17)34-18-9-3-2-4-10-18/h2-5,8-11,13,16,20-21H,6-7,12,15H2,1H3,(H2,28,29,30,32,33). The molecule has 1 aromatic heterocycles. The predicted octanol–water partition coefficient (Wildman–Crippen LogP) is 4.02. The molecule has 8 heteroatoms. The van der Waals surface area contributed by atoms with E-state index in [2.05, 4.69) is 28.3 Å². The van der Waals surface area contributed by atoms with E-state index in [1.807, 2.05) is 35.2 Å². The van der Waals surface area contributed by atoms with Crippen molar-refractivity contribution in [3.05, 3.63) is 76.1 Å². The molecule has 2 aromatic carbocycles. The fourth-order valence-corrected chi connectivity index (χ4v) is 4.79. The first-order valence-electron chi connectivity index (χ1n) is 11.5. The first-order chi connectivity index (χ1) is 16.5. The van der Waals surface area contributed by atoms with Crippen LogP contribution in [0.1, 0.15) is 36.8 Å². The number of para-hydroxylation sites is 1. The minimum absolute atomic E-state index is 0.216.